The van der Waals surface area contributed by atoms with Crippen molar-refractivity contribution in [1.82, 2.24) is 14.9 Å². The molecule has 1 aliphatic rings. The Hall–Kier alpha value is -3.62. The van der Waals surface area contributed by atoms with Gasteiger partial charge in [0.15, 0.2) is 17.3 Å². The third-order valence-electron chi connectivity index (χ3n) is 4.81. The van der Waals surface area contributed by atoms with Crippen LogP contribution in [-0.4, -0.2) is 22.5 Å². The fourth-order valence-electron chi connectivity index (χ4n) is 3.34. The summed E-state index contributed by atoms with van der Waals surface area (Å²) in [5.41, 5.74) is -0.497. The first-order valence-corrected chi connectivity index (χ1v) is 9.59. The molecule has 0 aliphatic carbocycles. The first-order valence-electron chi connectivity index (χ1n) is 9.59. The Kier molecular flexibility index (Phi) is 5.26. The zero-order valence-corrected chi connectivity index (χ0v) is 16.8. The van der Waals surface area contributed by atoms with Crippen molar-refractivity contribution in [2.24, 2.45) is 4.99 Å². The molecule has 1 aliphatic heterocycles. The molecule has 3 aromatic rings. The van der Waals surface area contributed by atoms with Gasteiger partial charge >= 0.3 is 11.7 Å². The van der Waals surface area contributed by atoms with E-state index in [1.807, 2.05) is 6.92 Å². The Bertz CT molecular complexity index is 1210. The minimum atomic E-state index is -4.50. The molecule has 9 heteroatoms. The van der Waals surface area contributed by atoms with Crippen LogP contribution in [0.5, 0.6) is 5.75 Å². The molecule has 159 valence electrons. The second kappa shape index (κ2) is 7.90. The lowest BCUT2D eigenvalue weighted by atomic mass is 10.1. The molecule has 2 heterocycles. The summed E-state index contributed by atoms with van der Waals surface area (Å²) >= 11 is 0. The summed E-state index contributed by atoms with van der Waals surface area (Å²) in [6, 6.07) is 11.8. The summed E-state index contributed by atoms with van der Waals surface area (Å²) < 4.78 is 46.4. The van der Waals surface area contributed by atoms with Crippen molar-refractivity contribution in [1.29, 1.82) is 0 Å². The maximum Gasteiger partial charge on any atom is 0.416 e. The second-order valence-corrected chi connectivity index (χ2v) is 6.92. The summed E-state index contributed by atoms with van der Waals surface area (Å²) in [4.78, 5) is 21.3. The summed E-state index contributed by atoms with van der Waals surface area (Å²) in [5, 5.41) is 4.34. The van der Waals surface area contributed by atoms with Gasteiger partial charge in [-0.3, -0.25) is 4.79 Å². The van der Waals surface area contributed by atoms with E-state index >= 15 is 0 Å². The maximum atomic E-state index is 13.2. The lowest BCUT2D eigenvalue weighted by Gasteiger charge is -2.15. The first-order chi connectivity index (χ1) is 14.8. The van der Waals surface area contributed by atoms with Crippen molar-refractivity contribution < 1.29 is 17.9 Å². The number of nitrogens with zero attached hydrogens (tertiary/aromatic N) is 4. The van der Waals surface area contributed by atoms with E-state index < -0.39 is 17.3 Å². The summed E-state index contributed by atoms with van der Waals surface area (Å²) in [6.45, 7) is 2.33. The van der Waals surface area contributed by atoms with Crippen LogP contribution in [0.15, 0.2) is 58.3 Å². The zero-order valence-electron chi connectivity index (χ0n) is 16.8. The third kappa shape index (κ3) is 3.90. The number of hydrogen-bond donors (Lipinski definition) is 0. The average molecular weight is 427 g/mol. The molecule has 0 saturated heterocycles. The molecule has 0 amide bonds. The fourth-order valence-corrected chi connectivity index (χ4v) is 3.34. The number of hydrogen-bond acceptors (Lipinski definition) is 4. The molecule has 4 rings (SSSR count). The predicted molar refractivity (Wildman–Crippen MR) is 110 cm³/mol. The molecule has 1 radical (unpaired) electrons. The maximum absolute atomic E-state index is 13.2. The van der Waals surface area contributed by atoms with Crippen LogP contribution < -0.4 is 15.6 Å². The lowest BCUT2D eigenvalue weighted by Crippen LogP contribution is -2.19. The van der Waals surface area contributed by atoms with Crippen LogP contribution in [0.1, 0.15) is 24.5 Å². The van der Waals surface area contributed by atoms with E-state index in [0.29, 0.717) is 35.9 Å². The van der Waals surface area contributed by atoms with E-state index in [-0.39, 0.29) is 17.1 Å². The standard InChI is InChI=1S/C22H18F3N4O2/c1-3-11-29-19(14-5-4-6-15(12-14)22(23,24)25)28-21(30)17-20(29)27-18(26-17)13-7-9-16(31-2)10-8-13/h4-10,12H,3,11H2,1-2H3. The van der Waals surface area contributed by atoms with Gasteiger partial charge in [-0.05, 0) is 42.8 Å². The molecule has 0 fully saturated rings. The molecule has 0 saturated carbocycles. The van der Waals surface area contributed by atoms with Crippen molar-refractivity contribution in [2.75, 3.05) is 7.11 Å². The van der Waals surface area contributed by atoms with Gasteiger partial charge in [-0.25, -0.2) is 10.3 Å². The van der Waals surface area contributed by atoms with E-state index in [2.05, 4.69) is 15.3 Å². The number of ether oxygens (including phenoxy) is 1. The van der Waals surface area contributed by atoms with Gasteiger partial charge in [0.05, 0.1) is 12.7 Å². The van der Waals surface area contributed by atoms with Crippen LogP contribution in [0.3, 0.4) is 0 Å². The lowest BCUT2D eigenvalue weighted by molar-refractivity contribution is -0.137. The number of aliphatic imine (C=N–C) groups is 1. The number of methoxy groups -OCH3 is 1. The van der Waals surface area contributed by atoms with Gasteiger partial charge in [0.2, 0.25) is 0 Å². The summed E-state index contributed by atoms with van der Waals surface area (Å²) in [6.07, 6.45) is -3.84. The minimum Gasteiger partial charge on any atom is -0.497 e. The van der Waals surface area contributed by atoms with Crippen LogP contribution in [0.25, 0.3) is 11.4 Å². The number of alkyl halides is 3. The molecule has 0 spiro atoms. The number of fused-ring (bicyclic) bond motifs is 1. The predicted octanol–water partition coefficient (Wildman–Crippen LogP) is 4.68. The Morgan fingerprint density at radius 1 is 1.06 bits per heavy atom. The van der Waals surface area contributed by atoms with E-state index in [0.717, 1.165) is 12.1 Å². The van der Waals surface area contributed by atoms with Gasteiger partial charge in [-0.2, -0.15) is 18.2 Å². The third-order valence-corrected chi connectivity index (χ3v) is 4.81. The fraction of sp³-hybridized carbons (Fsp3) is 0.227. The molecular weight excluding hydrogens is 409 g/mol. The van der Waals surface area contributed by atoms with Crippen molar-refractivity contribution in [2.45, 2.75) is 26.1 Å². The molecular formula is C22H18F3N4O2. The number of rotatable bonds is 5. The topological polar surface area (TPSA) is 70.6 Å². The Morgan fingerprint density at radius 3 is 2.45 bits per heavy atom. The van der Waals surface area contributed by atoms with Gasteiger partial charge < -0.3 is 9.30 Å². The first kappa shape index (κ1) is 20.6. The molecule has 0 atom stereocenters. The normalized spacial score (nSPS) is 12.9. The molecule has 0 bridgehead atoms. The highest BCUT2D eigenvalue weighted by Crippen LogP contribution is 2.35. The van der Waals surface area contributed by atoms with Crippen LogP contribution in [0, 0.1) is 0 Å². The Balaban J connectivity index is 1.85. The van der Waals surface area contributed by atoms with Crippen molar-refractivity contribution >= 4 is 17.3 Å². The summed E-state index contributed by atoms with van der Waals surface area (Å²) in [7, 11) is 1.56. The van der Waals surface area contributed by atoms with Crippen LogP contribution in [0.2, 0.25) is 0 Å². The molecule has 31 heavy (non-hydrogen) atoms. The number of amidine groups is 1. The van der Waals surface area contributed by atoms with Crippen molar-refractivity contribution in [3.05, 3.63) is 70.0 Å². The smallest absolute Gasteiger partial charge is 0.416 e. The van der Waals surface area contributed by atoms with Gasteiger partial charge in [-0.15, -0.1) is 0 Å². The van der Waals surface area contributed by atoms with Gasteiger partial charge in [-0.1, -0.05) is 19.1 Å². The van der Waals surface area contributed by atoms with Crippen LogP contribution >= 0.6 is 0 Å². The highest BCUT2D eigenvalue weighted by molar-refractivity contribution is 6.06. The summed E-state index contributed by atoms with van der Waals surface area (Å²) in [5.74, 6) is 1.42. The largest absolute Gasteiger partial charge is 0.497 e. The molecule has 6 nitrogen and oxygen atoms in total. The number of halogens is 3. The molecule has 1 aromatic heterocycles. The SMILES string of the molecule is CCCn1c(-c2cccc(C(F)(F)F)c2)nc(=O)c2c1N=C(c1ccc(OC)cc1)[N]2. The van der Waals surface area contributed by atoms with Crippen molar-refractivity contribution in [3.8, 4) is 17.1 Å². The van der Waals surface area contributed by atoms with E-state index in [1.54, 1.807) is 35.9 Å². The Labute approximate surface area is 176 Å². The highest BCUT2D eigenvalue weighted by Gasteiger charge is 2.31. The monoisotopic (exact) mass is 427 g/mol. The number of aromatic nitrogens is 2. The molecule has 0 N–H and O–H groups in total. The second-order valence-electron chi connectivity index (χ2n) is 6.92. The van der Waals surface area contributed by atoms with Gasteiger partial charge in [0, 0.05) is 17.7 Å². The molecule has 2 aromatic carbocycles. The quantitative estimate of drug-likeness (QED) is 0.594. The van der Waals surface area contributed by atoms with Crippen LogP contribution in [-0.2, 0) is 12.7 Å². The van der Waals surface area contributed by atoms with Crippen LogP contribution in [0.4, 0.5) is 24.7 Å². The van der Waals surface area contributed by atoms with Gasteiger partial charge in [0.25, 0.3) is 0 Å². The zero-order chi connectivity index (χ0) is 22.2. The van der Waals surface area contributed by atoms with Gasteiger partial charge in [0.1, 0.15) is 11.6 Å². The highest BCUT2D eigenvalue weighted by atomic mass is 19.4. The van der Waals surface area contributed by atoms with E-state index in [9.17, 15) is 18.0 Å². The molecule has 0 unspecified atom stereocenters. The number of benzene rings is 2. The van der Waals surface area contributed by atoms with E-state index in [1.165, 1.54) is 12.1 Å². The average Bonchev–Trinajstić information content (AvgIpc) is 3.21. The minimum absolute atomic E-state index is 0.0787. The Morgan fingerprint density at radius 2 is 1.81 bits per heavy atom. The van der Waals surface area contributed by atoms with E-state index in [4.69, 9.17) is 4.74 Å². The van der Waals surface area contributed by atoms with Crippen molar-refractivity contribution in [3.63, 3.8) is 0 Å².